The van der Waals surface area contributed by atoms with Crippen LogP contribution in [0.3, 0.4) is 0 Å². The third-order valence-electron chi connectivity index (χ3n) is 22.4. The van der Waals surface area contributed by atoms with Crippen LogP contribution in [0, 0.1) is 0 Å². The molecule has 6 saturated heterocycles. The van der Waals surface area contributed by atoms with Crippen molar-refractivity contribution >= 4 is 0 Å². The minimum Gasteiger partial charge on any atom is -0.374 e. The molecule has 10 aromatic carbocycles. The van der Waals surface area contributed by atoms with E-state index in [4.69, 9.17) is 104 Å². The number of fused-ring (bicyclic) bond motifs is 2. The van der Waals surface area contributed by atoms with Crippen molar-refractivity contribution in [2.75, 3.05) is 53.9 Å². The van der Waals surface area contributed by atoms with Gasteiger partial charge in [-0.05, 0) is 44.5 Å². The largest absolute Gasteiger partial charge is 0.374 e. The van der Waals surface area contributed by atoms with Crippen molar-refractivity contribution in [2.45, 2.75) is 188 Å². The third kappa shape index (κ3) is 23.3. The summed E-state index contributed by atoms with van der Waals surface area (Å²) in [5, 5.41) is 0. The van der Waals surface area contributed by atoms with Crippen LogP contribution < -0.4 is 0 Å². The molecule has 6 heterocycles. The average molecular weight is 1660 g/mol. The summed E-state index contributed by atoms with van der Waals surface area (Å²) in [6.07, 6.45) is -16.2. The molecule has 0 aliphatic carbocycles. The van der Waals surface area contributed by atoms with Crippen molar-refractivity contribution < 1.29 is 104 Å². The van der Waals surface area contributed by atoms with E-state index in [0.717, 1.165) is 55.6 Å². The summed E-state index contributed by atoms with van der Waals surface area (Å²) in [5.74, 6) is 0. The zero-order valence-corrected chi connectivity index (χ0v) is 68.6. The van der Waals surface area contributed by atoms with Crippen LogP contribution in [0.5, 0.6) is 0 Å². The van der Waals surface area contributed by atoms with Gasteiger partial charge in [0, 0.05) is 25.3 Å². The molecule has 0 bridgehead atoms. The summed E-state index contributed by atoms with van der Waals surface area (Å²) < 4.78 is 154. The highest BCUT2D eigenvalue weighted by atomic mass is 16.8. The molecule has 0 amide bonds. The van der Waals surface area contributed by atoms with Crippen LogP contribution in [0.1, 0.15) is 68.2 Å². The zero-order valence-electron chi connectivity index (χ0n) is 68.6. The lowest BCUT2D eigenvalue weighted by Crippen LogP contribution is -2.67. The zero-order chi connectivity index (χ0) is 82.7. The summed E-state index contributed by atoms with van der Waals surface area (Å²) in [6.45, 7) is 2.02. The second-order valence-electron chi connectivity index (χ2n) is 30.8. The fraction of sp³-hybridized carbons (Fsp3) is 0.380. The molecule has 6 aliphatic heterocycles. The van der Waals surface area contributed by atoms with E-state index in [-0.39, 0.29) is 92.5 Å². The van der Waals surface area contributed by atoms with Crippen molar-refractivity contribution in [3.8, 4) is 0 Å². The Balaban J connectivity index is 0.750. The number of hydrogen-bond donors (Lipinski definition) is 0. The molecule has 22 atom stereocenters. The van der Waals surface area contributed by atoms with Crippen molar-refractivity contribution in [3.05, 3.63) is 371 Å². The van der Waals surface area contributed by atoms with E-state index < -0.39 is 135 Å². The van der Waals surface area contributed by atoms with Crippen molar-refractivity contribution in [2.24, 2.45) is 0 Å². The smallest absolute Gasteiger partial charge is 0.187 e. The van der Waals surface area contributed by atoms with Gasteiger partial charge in [0.15, 0.2) is 37.7 Å². The van der Waals surface area contributed by atoms with Crippen molar-refractivity contribution in [3.63, 3.8) is 0 Å². The van der Waals surface area contributed by atoms with E-state index in [1.807, 2.05) is 315 Å². The molecule has 22 nitrogen and oxygen atoms in total. The second-order valence-corrected chi connectivity index (χ2v) is 30.8. The Kier molecular flexibility index (Phi) is 32.0. The lowest BCUT2D eigenvalue weighted by Gasteiger charge is -2.51. The Morgan fingerprint density at radius 3 is 0.803 bits per heavy atom. The number of hydrogen-bond acceptors (Lipinski definition) is 22. The lowest BCUT2D eigenvalue weighted by molar-refractivity contribution is -0.399. The molecule has 6 aliphatic rings. The van der Waals surface area contributed by atoms with E-state index >= 15 is 0 Å². The number of methoxy groups -OCH3 is 2. The van der Waals surface area contributed by atoms with E-state index in [0.29, 0.717) is 0 Å². The Morgan fingerprint density at radius 2 is 0.516 bits per heavy atom. The molecular weight excluding hydrogens is 1550 g/mol. The standard InChI is InChI=1S/C100H108O22/c1-101-97-93(89(111-63-75-47-25-9-26-48-75)85-81(115-97)67-113-95(119-85)77-51-29-11-30-52-77)121-99-91(87(109-61-73-43-21-7-22-44-73)83(107-59-71-39-17-5-18-40-71)79(117-99)65-103-57-69-35-13-3-14-36-69)105-55-33-34-56-106-92-88(110-62-74-45-23-8-24-46-74)84(108-60-72-41-19-6-20-42-72)80(66-104-58-70-37-15-4-16-38-70)118-100(92)122-94-90(112-64-76-49-27-10-28-50-76)86-82(116-98(94)102-2)68-114-96(120-86)78-53-31-12-32-54-78/h3-54,79-100H,55-68H2,1-2H3/t79?,80?,81?,82?,83-,84?,85+,86+,87?,88+,89?,90?,91?,92?,93?,94?,95+,96-,97+,98+,99+,100?/m1/s1. The van der Waals surface area contributed by atoms with Crippen LogP contribution in [-0.2, 0) is 157 Å². The molecule has 0 radical (unpaired) electrons. The summed E-state index contributed by atoms with van der Waals surface area (Å²) in [4.78, 5) is 0. The first-order chi connectivity index (χ1) is 60.4. The molecule has 0 saturated carbocycles. The molecule has 10 aromatic rings. The molecule has 122 heavy (non-hydrogen) atoms. The number of rotatable bonds is 40. The van der Waals surface area contributed by atoms with Crippen molar-refractivity contribution in [1.29, 1.82) is 0 Å². The van der Waals surface area contributed by atoms with Crippen molar-refractivity contribution in [1.82, 2.24) is 0 Å². The highest BCUT2D eigenvalue weighted by Gasteiger charge is 2.58. The SMILES string of the molecule is CO[C@H]1OC2CO[C@@H](c3ccccc3)O[C@@H]2C(OCc2ccccc2)C1OC1OC(COCc2ccccc2)C(OCc2ccccc2)[C@H](OCc2ccccc2)C1OCC=CCOC1C(OCc2ccccc2)[C@H](OCc2ccccc2)C(COCc2ccccc2)O[C@H]1OC1C(OCc2ccccc2)[C@H]2O[C@@H](c3ccccc3)OCC2O[C@@H]1OC. The van der Waals surface area contributed by atoms with Gasteiger partial charge in [0.2, 0.25) is 0 Å². The molecule has 0 aromatic heterocycles. The van der Waals surface area contributed by atoms with E-state index in [1.165, 1.54) is 0 Å². The predicted molar refractivity (Wildman–Crippen MR) is 449 cm³/mol. The van der Waals surface area contributed by atoms with Gasteiger partial charge in [-0.3, -0.25) is 0 Å². The van der Waals surface area contributed by atoms with Crippen LogP contribution in [0.15, 0.2) is 315 Å². The van der Waals surface area contributed by atoms with Gasteiger partial charge in [0.05, 0.1) is 92.5 Å². The summed E-state index contributed by atoms with van der Waals surface area (Å²) in [6, 6.07) is 99.4. The fourth-order valence-corrected chi connectivity index (χ4v) is 16.2. The first-order valence-corrected chi connectivity index (χ1v) is 42.1. The Hall–Kier alpha value is -8.94. The van der Waals surface area contributed by atoms with Crippen LogP contribution in [0.4, 0.5) is 0 Å². The molecule has 640 valence electrons. The molecule has 13 unspecified atom stereocenters. The first kappa shape index (κ1) is 86.6. The quantitative estimate of drug-likeness (QED) is 0.0328. The topological polar surface area (TPSA) is 203 Å². The highest BCUT2D eigenvalue weighted by Crippen LogP contribution is 2.43. The van der Waals surface area contributed by atoms with Crippen LogP contribution >= 0.6 is 0 Å². The summed E-state index contributed by atoms with van der Waals surface area (Å²) in [5.41, 5.74) is 9.17. The lowest BCUT2D eigenvalue weighted by atomic mass is 9.95. The van der Waals surface area contributed by atoms with E-state index in [1.54, 1.807) is 14.2 Å². The number of ether oxygens (including phenoxy) is 22. The molecule has 0 N–H and O–H groups in total. The van der Waals surface area contributed by atoms with Crippen LogP contribution in [0.2, 0.25) is 0 Å². The summed E-state index contributed by atoms with van der Waals surface area (Å²) in [7, 11) is 3.16. The van der Waals surface area contributed by atoms with Gasteiger partial charge in [-0.25, -0.2) is 0 Å². The molecule has 22 heteroatoms. The molecule has 16 rings (SSSR count). The van der Waals surface area contributed by atoms with Gasteiger partial charge in [-0.15, -0.1) is 0 Å². The first-order valence-electron chi connectivity index (χ1n) is 42.1. The third-order valence-corrected chi connectivity index (χ3v) is 22.4. The molecule has 6 fully saturated rings. The average Bonchev–Trinajstić information content (AvgIpc) is 0.764. The van der Waals surface area contributed by atoms with Gasteiger partial charge < -0.3 is 104 Å². The maximum atomic E-state index is 7.57. The minimum absolute atomic E-state index is 0.0417. The van der Waals surface area contributed by atoms with Gasteiger partial charge in [0.25, 0.3) is 0 Å². The Labute approximate surface area is 713 Å². The Bertz CT molecular complexity index is 4330. The Morgan fingerprint density at radius 1 is 0.254 bits per heavy atom. The fourth-order valence-electron chi connectivity index (χ4n) is 16.2. The monoisotopic (exact) mass is 1660 g/mol. The normalized spacial score (nSPS) is 29.1. The van der Waals surface area contributed by atoms with E-state index in [9.17, 15) is 0 Å². The van der Waals surface area contributed by atoms with Gasteiger partial charge in [-0.1, -0.05) is 315 Å². The van der Waals surface area contributed by atoms with Crippen LogP contribution in [0.25, 0.3) is 0 Å². The molecular formula is C100H108O22. The number of benzene rings is 10. The predicted octanol–water partition coefficient (Wildman–Crippen LogP) is 15.5. The highest BCUT2D eigenvalue weighted by molar-refractivity contribution is 5.23. The maximum absolute atomic E-state index is 7.57. The molecule has 0 spiro atoms. The maximum Gasteiger partial charge on any atom is 0.187 e. The van der Waals surface area contributed by atoms with Crippen LogP contribution in [-0.4, -0.2) is 177 Å². The van der Waals surface area contributed by atoms with E-state index in [2.05, 4.69) is 0 Å². The minimum atomic E-state index is -1.26. The summed E-state index contributed by atoms with van der Waals surface area (Å²) >= 11 is 0. The van der Waals surface area contributed by atoms with Gasteiger partial charge in [-0.2, -0.15) is 0 Å². The van der Waals surface area contributed by atoms with Gasteiger partial charge in [0.1, 0.15) is 97.7 Å². The second kappa shape index (κ2) is 45.1. The van der Waals surface area contributed by atoms with Gasteiger partial charge >= 0.3 is 0 Å².